The number of hydrogen-bond acceptors (Lipinski definition) is 7. The summed E-state index contributed by atoms with van der Waals surface area (Å²) in [7, 11) is 0. The summed E-state index contributed by atoms with van der Waals surface area (Å²) in [5.74, 6) is 1.03. The van der Waals surface area contributed by atoms with Crippen molar-refractivity contribution in [2.24, 2.45) is 0 Å². The minimum Gasteiger partial charge on any atom is -0.486 e. The van der Waals surface area contributed by atoms with Crippen molar-refractivity contribution in [3.05, 3.63) is 52.6 Å². The molecule has 1 saturated heterocycles. The van der Waals surface area contributed by atoms with Crippen molar-refractivity contribution in [1.82, 2.24) is 14.5 Å². The van der Waals surface area contributed by atoms with Gasteiger partial charge in [-0.15, -0.1) is 0 Å². The van der Waals surface area contributed by atoms with E-state index in [1.54, 1.807) is 33.7 Å². The van der Waals surface area contributed by atoms with E-state index in [0.29, 0.717) is 74.3 Å². The third kappa shape index (κ3) is 4.11. The summed E-state index contributed by atoms with van der Waals surface area (Å²) in [4.78, 5) is 34.3. The van der Waals surface area contributed by atoms with Gasteiger partial charge in [0.15, 0.2) is 29.7 Å². The fourth-order valence-corrected chi connectivity index (χ4v) is 4.22. The molecule has 0 aliphatic carbocycles. The number of amides is 1. The maximum absolute atomic E-state index is 13.7. The highest BCUT2D eigenvalue weighted by Gasteiger charge is 2.26. The van der Waals surface area contributed by atoms with E-state index in [9.17, 15) is 14.0 Å². The SMILES string of the molecule is CCn1c(N2CCN(C(=O)COc3ccccc3F)CC2)nc2cc3c(cc2c1=O)OCCO3. The van der Waals surface area contributed by atoms with E-state index >= 15 is 0 Å². The van der Waals surface area contributed by atoms with Crippen LogP contribution >= 0.6 is 0 Å². The molecule has 5 rings (SSSR count). The second kappa shape index (κ2) is 9.20. The monoisotopic (exact) mass is 468 g/mol. The first-order valence-electron chi connectivity index (χ1n) is 11.3. The molecule has 0 saturated carbocycles. The summed E-state index contributed by atoms with van der Waals surface area (Å²) >= 11 is 0. The zero-order valence-corrected chi connectivity index (χ0v) is 18.8. The smallest absolute Gasteiger partial charge is 0.262 e. The minimum absolute atomic E-state index is 0.0541. The Morgan fingerprint density at radius 1 is 1.09 bits per heavy atom. The van der Waals surface area contributed by atoms with Crippen LogP contribution in [0.1, 0.15) is 6.92 Å². The summed E-state index contributed by atoms with van der Waals surface area (Å²) in [5.41, 5.74) is 0.405. The van der Waals surface area contributed by atoms with Crippen LogP contribution in [0.2, 0.25) is 0 Å². The Balaban J connectivity index is 1.31. The third-order valence-electron chi connectivity index (χ3n) is 6.02. The highest BCUT2D eigenvalue weighted by atomic mass is 19.1. The number of anilines is 1. The van der Waals surface area contributed by atoms with Crippen molar-refractivity contribution in [2.75, 3.05) is 50.9 Å². The molecule has 2 aliphatic rings. The average Bonchev–Trinajstić information content (AvgIpc) is 2.87. The van der Waals surface area contributed by atoms with E-state index in [1.165, 1.54) is 12.1 Å². The number of hydrogen-bond donors (Lipinski definition) is 0. The molecule has 0 bridgehead atoms. The van der Waals surface area contributed by atoms with Gasteiger partial charge in [-0.05, 0) is 25.1 Å². The van der Waals surface area contributed by atoms with E-state index in [0.717, 1.165) is 0 Å². The zero-order chi connectivity index (χ0) is 23.7. The lowest BCUT2D eigenvalue weighted by molar-refractivity contribution is -0.133. The summed E-state index contributed by atoms with van der Waals surface area (Å²) in [6.45, 7) is 4.92. The molecular formula is C24H25FN4O5. The first-order valence-corrected chi connectivity index (χ1v) is 11.3. The Morgan fingerprint density at radius 3 is 2.50 bits per heavy atom. The predicted molar refractivity (Wildman–Crippen MR) is 123 cm³/mol. The number of rotatable bonds is 5. The first-order chi connectivity index (χ1) is 16.5. The Hall–Kier alpha value is -3.82. The van der Waals surface area contributed by atoms with Crippen LogP contribution in [0.3, 0.4) is 0 Å². The van der Waals surface area contributed by atoms with E-state index in [4.69, 9.17) is 19.2 Å². The number of piperazine rings is 1. The fraction of sp³-hybridized carbons (Fsp3) is 0.375. The number of fused-ring (bicyclic) bond motifs is 2. The molecule has 1 aromatic heterocycles. The fourth-order valence-electron chi connectivity index (χ4n) is 4.22. The second-order valence-electron chi connectivity index (χ2n) is 8.06. The Kier molecular flexibility index (Phi) is 5.95. The van der Waals surface area contributed by atoms with Gasteiger partial charge in [0.1, 0.15) is 13.2 Å². The molecule has 2 aliphatic heterocycles. The Labute approximate surface area is 195 Å². The number of para-hydroxylation sites is 1. The van der Waals surface area contributed by atoms with E-state index in [2.05, 4.69) is 0 Å². The van der Waals surface area contributed by atoms with Gasteiger partial charge in [0, 0.05) is 38.8 Å². The van der Waals surface area contributed by atoms with Crippen LogP contribution in [0, 0.1) is 5.82 Å². The molecule has 10 heteroatoms. The molecule has 0 N–H and O–H groups in total. The molecule has 0 atom stereocenters. The van der Waals surface area contributed by atoms with Crippen LogP contribution in [-0.2, 0) is 11.3 Å². The number of nitrogens with zero attached hydrogens (tertiary/aromatic N) is 4. The molecule has 3 aromatic rings. The number of halogens is 1. The van der Waals surface area contributed by atoms with Crippen molar-refractivity contribution >= 4 is 22.8 Å². The van der Waals surface area contributed by atoms with Crippen molar-refractivity contribution in [3.8, 4) is 17.2 Å². The van der Waals surface area contributed by atoms with Crippen LogP contribution in [0.4, 0.5) is 10.3 Å². The number of ether oxygens (including phenoxy) is 3. The largest absolute Gasteiger partial charge is 0.486 e. The van der Waals surface area contributed by atoms with Crippen LogP contribution in [0.25, 0.3) is 10.9 Å². The van der Waals surface area contributed by atoms with Crippen molar-refractivity contribution in [3.63, 3.8) is 0 Å². The molecule has 178 valence electrons. The van der Waals surface area contributed by atoms with Crippen LogP contribution in [-0.4, -0.2) is 66.4 Å². The zero-order valence-electron chi connectivity index (χ0n) is 18.8. The molecule has 1 fully saturated rings. The van der Waals surface area contributed by atoms with Crippen molar-refractivity contribution < 1.29 is 23.4 Å². The molecule has 2 aromatic carbocycles. The molecular weight excluding hydrogens is 443 g/mol. The molecule has 34 heavy (non-hydrogen) atoms. The maximum Gasteiger partial charge on any atom is 0.262 e. The van der Waals surface area contributed by atoms with E-state index < -0.39 is 5.82 Å². The summed E-state index contributed by atoms with van der Waals surface area (Å²) in [5, 5.41) is 0.481. The minimum atomic E-state index is -0.502. The van der Waals surface area contributed by atoms with Crippen molar-refractivity contribution in [2.45, 2.75) is 13.5 Å². The third-order valence-corrected chi connectivity index (χ3v) is 6.02. The van der Waals surface area contributed by atoms with Crippen LogP contribution in [0.5, 0.6) is 17.2 Å². The lowest BCUT2D eigenvalue weighted by Crippen LogP contribution is -2.51. The first kappa shape index (κ1) is 22.0. The Bertz CT molecular complexity index is 1290. The summed E-state index contributed by atoms with van der Waals surface area (Å²) in [6.07, 6.45) is 0. The molecule has 0 radical (unpaired) electrons. The molecule has 0 spiro atoms. The average molecular weight is 468 g/mol. The van der Waals surface area contributed by atoms with Crippen molar-refractivity contribution in [1.29, 1.82) is 0 Å². The second-order valence-corrected chi connectivity index (χ2v) is 8.06. The van der Waals surface area contributed by atoms with Crippen LogP contribution < -0.4 is 24.7 Å². The standard InChI is InChI=1S/C24H25FN4O5/c1-2-29-23(31)16-13-20-21(33-12-11-32-20)14-18(16)26-24(29)28-9-7-27(8-10-28)22(30)15-34-19-6-4-3-5-17(19)25/h3-6,13-14H,2,7-12,15H2,1H3. The lowest BCUT2D eigenvalue weighted by Gasteiger charge is -2.36. The van der Waals surface area contributed by atoms with Gasteiger partial charge >= 0.3 is 0 Å². The summed E-state index contributed by atoms with van der Waals surface area (Å²) < 4.78 is 32.0. The number of carbonyl (C=O) groups is 1. The van der Waals surface area contributed by atoms with Gasteiger partial charge in [0.2, 0.25) is 5.95 Å². The van der Waals surface area contributed by atoms with Gasteiger partial charge in [-0.2, -0.15) is 0 Å². The van der Waals surface area contributed by atoms with Gasteiger partial charge in [0.25, 0.3) is 11.5 Å². The van der Waals surface area contributed by atoms with Gasteiger partial charge in [0.05, 0.1) is 10.9 Å². The van der Waals surface area contributed by atoms with E-state index in [-0.39, 0.29) is 23.8 Å². The molecule has 3 heterocycles. The number of aromatic nitrogens is 2. The number of benzene rings is 2. The quantitative estimate of drug-likeness (QED) is 0.567. The Morgan fingerprint density at radius 2 is 1.79 bits per heavy atom. The highest BCUT2D eigenvalue weighted by Crippen LogP contribution is 2.33. The highest BCUT2D eigenvalue weighted by molar-refractivity contribution is 5.83. The lowest BCUT2D eigenvalue weighted by atomic mass is 10.2. The molecule has 9 nitrogen and oxygen atoms in total. The molecule has 1 amide bonds. The van der Waals surface area contributed by atoms with E-state index in [1.807, 2.05) is 11.8 Å². The van der Waals surface area contributed by atoms with Gasteiger partial charge in [-0.25, -0.2) is 9.37 Å². The summed E-state index contributed by atoms with van der Waals surface area (Å²) in [6, 6.07) is 9.44. The normalized spacial score (nSPS) is 15.5. The topological polar surface area (TPSA) is 86.1 Å². The maximum atomic E-state index is 13.7. The van der Waals surface area contributed by atoms with Crippen LogP contribution in [0.15, 0.2) is 41.2 Å². The molecule has 0 unspecified atom stereocenters. The predicted octanol–water partition coefficient (Wildman–Crippen LogP) is 2.05. The van der Waals surface area contributed by atoms with Gasteiger partial charge in [-0.1, -0.05) is 12.1 Å². The van der Waals surface area contributed by atoms with Gasteiger partial charge < -0.3 is 24.0 Å². The number of carbonyl (C=O) groups excluding carboxylic acids is 1. The van der Waals surface area contributed by atoms with Gasteiger partial charge in [-0.3, -0.25) is 14.2 Å².